The van der Waals surface area contributed by atoms with E-state index in [-0.39, 0.29) is 18.1 Å². The number of aromatic nitrogens is 3. The van der Waals surface area contributed by atoms with Crippen molar-refractivity contribution in [3.05, 3.63) is 71.9 Å². The lowest BCUT2D eigenvalue weighted by molar-refractivity contribution is 0.0326. The zero-order valence-electron chi connectivity index (χ0n) is 18.9. The lowest BCUT2D eigenvalue weighted by Crippen LogP contribution is -2.49. The Balaban J connectivity index is 1.60. The minimum atomic E-state index is -1.11. The number of carbonyl (C=O) groups is 1. The number of pyridine rings is 1. The van der Waals surface area contributed by atoms with E-state index >= 15 is 0 Å². The summed E-state index contributed by atoms with van der Waals surface area (Å²) in [5, 5.41) is 10.5. The van der Waals surface area contributed by atoms with Gasteiger partial charge in [-0.05, 0) is 70.0 Å². The quantitative estimate of drug-likeness (QED) is 0.633. The third kappa shape index (κ3) is 5.01. The molecule has 1 saturated heterocycles. The number of ether oxygens (including phenoxy) is 1. The minimum absolute atomic E-state index is 0.0237. The maximum absolute atomic E-state index is 14.0. The summed E-state index contributed by atoms with van der Waals surface area (Å²) in [6.45, 7) is 5.68. The fraction of sp³-hybridized carbons (Fsp3) is 0.360. The number of halogens is 1. The minimum Gasteiger partial charge on any atom is -0.472 e. The van der Waals surface area contributed by atoms with Gasteiger partial charge in [0.1, 0.15) is 11.9 Å². The smallest absolute Gasteiger partial charge is 0.254 e. The van der Waals surface area contributed by atoms with Crippen LogP contribution >= 0.6 is 0 Å². The molecule has 4 rings (SSSR count). The van der Waals surface area contributed by atoms with Gasteiger partial charge >= 0.3 is 0 Å². The number of rotatable bonds is 5. The van der Waals surface area contributed by atoms with Crippen LogP contribution in [0.1, 0.15) is 49.5 Å². The second-order valence-electron chi connectivity index (χ2n) is 8.80. The highest BCUT2D eigenvalue weighted by atomic mass is 19.1. The van der Waals surface area contributed by atoms with E-state index in [2.05, 4.69) is 15.0 Å². The maximum atomic E-state index is 14.0. The van der Waals surface area contributed by atoms with Crippen LogP contribution in [0, 0.1) is 5.82 Å². The van der Waals surface area contributed by atoms with Crippen molar-refractivity contribution in [3.63, 3.8) is 0 Å². The van der Waals surface area contributed by atoms with Crippen LogP contribution in [0.5, 0.6) is 5.88 Å². The van der Waals surface area contributed by atoms with E-state index in [1.165, 1.54) is 18.2 Å². The van der Waals surface area contributed by atoms with Crippen molar-refractivity contribution in [2.45, 2.75) is 51.4 Å². The number of likely N-dealkylation sites (tertiary alicyclic amines) is 1. The number of aliphatic hydroxyl groups is 1. The molecule has 3 heterocycles. The van der Waals surface area contributed by atoms with E-state index in [1.807, 2.05) is 6.92 Å². The van der Waals surface area contributed by atoms with Crippen molar-refractivity contribution < 1.29 is 19.0 Å². The topological polar surface area (TPSA) is 88.4 Å². The summed E-state index contributed by atoms with van der Waals surface area (Å²) in [5.74, 6) is -0.0450. The average Bonchev–Trinajstić information content (AvgIpc) is 2.80. The molecule has 0 radical (unpaired) electrons. The van der Waals surface area contributed by atoms with Crippen LogP contribution < -0.4 is 4.74 Å². The highest BCUT2D eigenvalue weighted by Gasteiger charge is 2.33. The number of piperidine rings is 1. The van der Waals surface area contributed by atoms with Gasteiger partial charge in [0.15, 0.2) is 5.82 Å². The Kier molecular flexibility index (Phi) is 6.37. The molecule has 1 amide bonds. The molecule has 2 atom stereocenters. The first kappa shape index (κ1) is 22.8. The predicted molar refractivity (Wildman–Crippen MR) is 121 cm³/mol. The highest BCUT2D eigenvalue weighted by Crippen LogP contribution is 2.31. The Hall–Kier alpha value is -3.39. The molecule has 0 saturated carbocycles. The van der Waals surface area contributed by atoms with Gasteiger partial charge < -0.3 is 14.7 Å². The van der Waals surface area contributed by atoms with Gasteiger partial charge in [-0.25, -0.2) is 19.3 Å². The largest absolute Gasteiger partial charge is 0.472 e. The summed E-state index contributed by atoms with van der Waals surface area (Å²) in [5.41, 5.74) is 0.165. The monoisotopic (exact) mass is 450 g/mol. The molecule has 1 fully saturated rings. The summed E-state index contributed by atoms with van der Waals surface area (Å²) in [6, 6.07) is 9.21. The molecule has 172 valence electrons. The van der Waals surface area contributed by atoms with Crippen molar-refractivity contribution >= 4 is 5.91 Å². The number of hydrogen-bond acceptors (Lipinski definition) is 6. The van der Waals surface area contributed by atoms with Crippen molar-refractivity contribution in [2.24, 2.45) is 0 Å². The molecule has 0 spiro atoms. The van der Waals surface area contributed by atoms with Crippen LogP contribution in [0.4, 0.5) is 4.39 Å². The van der Waals surface area contributed by atoms with E-state index in [0.717, 1.165) is 12.8 Å². The van der Waals surface area contributed by atoms with Crippen LogP contribution in [-0.2, 0) is 5.60 Å². The van der Waals surface area contributed by atoms with E-state index in [1.54, 1.807) is 55.5 Å². The Morgan fingerprint density at radius 2 is 1.85 bits per heavy atom. The fourth-order valence-electron chi connectivity index (χ4n) is 4.04. The number of carbonyl (C=O) groups excluding carboxylic acids is 1. The van der Waals surface area contributed by atoms with Gasteiger partial charge in [-0.2, -0.15) is 0 Å². The van der Waals surface area contributed by atoms with Crippen LogP contribution in [-0.4, -0.2) is 49.6 Å². The van der Waals surface area contributed by atoms with Crippen LogP contribution in [0.25, 0.3) is 11.4 Å². The molecule has 2 unspecified atom stereocenters. The molecule has 33 heavy (non-hydrogen) atoms. The summed E-state index contributed by atoms with van der Waals surface area (Å²) in [6.07, 6.45) is 5.91. The maximum Gasteiger partial charge on any atom is 0.254 e. The fourth-order valence-corrected chi connectivity index (χ4v) is 4.04. The lowest BCUT2D eigenvalue weighted by atomic mass is 9.97. The second kappa shape index (κ2) is 9.23. The molecular formula is C25H27FN4O3. The number of benzene rings is 1. The zero-order chi connectivity index (χ0) is 23.6. The standard InChI is InChI=1S/C25H27FN4O3/c1-16-7-9-18(33-23-21(25(2,3)32)6-4-11-29-23)15-30(16)24(31)19-10-8-17(26)14-20(19)22-27-12-5-13-28-22/h4-6,8,10-14,16,18,32H,7,9,15H2,1-3H3. The molecule has 8 heteroatoms. The van der Waals surface area contributed by atoms with Crippen molar-refractivity contribution in [2.75, 3.05) is 6.54 Å². The summed E-state index contributed by atoms with van der Waals surface area (Å²) in [7, 11) is 0. The third-order valence-electron chi connectivity index (χ3n) is 5.83. The Labute approximate surface area is 192 Å². The Morgan fingerprint density at radius 3 is 2.58 bits per heavy atom. The van der Waals surface area contributed by atoms with E-state index < -0.39 is 11.4 Å². The van der Waals surface area contributed by atoms with Gasteiger partial charge in [-0.15, -0.1) is 0 Å². The third-order valence-corrected chi connectivity index (χ3v) is 5.83. The zero-order valence-corrected chi connectivity index (χ0v) is 18.9. The normalized spacial score (nSPS) is 18.8. The van der Waals surface area contributed by atoms with Gasteiger partial charge in [0.25, 0.3) is 5.91 Å². The van der Waals surface area contributed by atoms with Crippen molar-refractivity contribution in [1.82, 2.24) is 19.9 Å². The molecule has 7 nitrogen and oxygen atoms in total. The number of hydrogen-bond donors (Lipinski definition) is 1. The molecule has 0 aliphatic carbocycles. The number of amides is 1. The van der Waals surface area contributed by atoms with Gasteiger partial charge in [0.05, 0.1) is 17.7 Å². The average molecular weight is 451 g/mol. The van der Waals surface area contributed by atoms with Crippen LogP contribution in [0.2, 0.25) is 0 Å². The SMILES string of the molecule is CC1CCC(Oc2ncccc2C(C)(C)O)CN1C(=O)c1ccc(F)cc1-c1ncccn1. The highest BCUT2D eigenvalue weighted by molar-refractivity contribution is 6.00. The van der Waals surface area contributed by atoms with Crippen molar-refractivity contribution in [1.29, 1.82) is 0 Å². The molecule has 1 aliphatic rings. The molecule has 0 bridgehead atoms. The Morgan fingerprint density at radius 1 is 1.12 bits per heavy atom. The molecule has 1 aliphatic heterocycles. The molecule has 2 aromatic heterocycles. The van der Waals surface area contributed by atoms with E-state index in [9.17, 15) is 14.3 Å². The van der Waals surface area contributed by atoms with Crippen LogP contribution in [0.15, 0.2) is 55.0 Å². The first-order valence-corrected chi connectivity index (χ1v) is 11.0. The summed E-state index contributed by atoms with van der Waals surface area (Å²) >= 11 is 0. The second-order valence-corrected chi connectivity index (χ2v) is 8.80. The van der Waals surface area contributed by atoms with Gasteiger partial charge in [0, 0.05) is 35.8 Å². The Bertz CT molecular complexity index is 1130. The summed E-state index contributed by atoms with van der Waals surface area (Å²) in [4.78, 5) is 28.0. The van der Waals surface area contributed by atoms with Gasteiger partial charge in [-0.3, -0.25) is 4.79 Å². The van der Waals surface area contributed by atoms with E-state index in [4.69, 9.17) is 4.74 Å². The first-order chi connectivity index (χ1) is 15.7. The van der Waals surface area contributed by atoms with Gasteiger partial charge in [-0.1, -0.05) is 0 Å². The van der Waals surface area contributed by atoms with Gasteiger partial charge in [0.2, 0.25) is 5.88 Å². The van der Waals surface area contributed by atoms with Crippen LogP contribution in [0.3, 0.4) is 0 Å². The molecule has 3 aromatic rings. The molecule has 1 N–H and O–H groups in total. The molecule has 1 aromatic carbocycles. The first-order valence-electron chi connectivity index (χ1n) is 11.0. The van der Waals surface area contributed by atoms with E-state index in [0.29, 0.717) is 34.9 Å². The molecular weight excluding hydrogens is 423 g/mol. The van der Waals surface area contributed by atoms with Crippen molar-refractivity contribution in [3.8, 4) is 17.3 Å². The lowest BCUT2D eigenvalue weighted by Gasteiger charge is -2.38. The predicted octanol–water partition coefficient (Wildman–Crippen LogP) is 3.98. The number of nitrogens with zero attached hydrogens (tertiary/aromatic N) is 4. The summed E-state index contributed by atoms with van der Waals surface area (Å²) < 4.78 is 20.2.